The van der Waals surface area contributed by atoms with Crippen LogP contribution < -0.4 is 11.1 Å². The van der Waals surface area contributed by atoms with Gasteiger partial charge in [-0.3, -0.25) is 0 Å². The maximum atomic E-state index is 5.77. The molecule has 3 N–H and O–H groups in total. The fourth-order valence-electron chi connectivity index (χ4n) is 1.73. The zero-order valence-electron chi connectivity index (χ0n) is 11.2. The van der Waals surface area contributed by atoms with Gasteiger partial charge in [0.1, 0.15) is 23.3 Å². The maximum absolute atomic E-state index is 5.77. The van der Waals surface area contributed by atoms with E-state index in [1.807, 2.05) is 13.0 Å². The SMILES string of the molecule is CCCc1nc(N)cc(NCc2ccnc(C)n2)n1. The molecule has 6 heteroatoms. The summed E-state index contributed by atoms with van der Waals surface area (Å²) in [5, 5.41) is 3.21. The summed E-state index contributed by atoms with van der Waals surface area (Å²) in [5.74, 6) is 2.74. The molecular weight excluding hydrogens is 240 g/mol. The van der Waals surface area contributed by atoms with E-state index in [4.69, 9.17) is 5.73 Å². The lowest BCUT2D eigenvalue weighted by molar-refractivity contribution is 0.835. The first-order valence-corrected chi connectivity index (χ1v) is 6.33. The van der Waals surface area contributed by atoms with Crippen LogP contribution >= 0.6 is 0 Å². The molecule has 0 spiro atoms. The number of hydrogen-bond donors (Lipinski definition) is 2. The van der Waals surface area contributed by atoms with Crippen molar-refractivity contribution in [2.45, 2.75) is 33.2 Å². The average molecular weight is 258 g/mol. The normalized spacial score (nSPS) is 10.4. The van der Waals surface area contributed by atoms with Crippen molar-refractivity contribution < 1.29 is 0 Å². The molecule has 2 rings (SSSR count). The largest absolute Gasteiger partial charge is 0.384 e. The molecule has 2 aromatic rings. The zero-order chi connectivity index (χ0) is 13.7. The molecule has 0 aromatic carbocycles. The van der Waals surface area contributed by atoms with Gasteiger partial charge in [-0.15, -0.1) is 0 Å². The van der Waals surface area contributed by atoms with Crippen molar-refractivity contribution in [2.24, 2.45) is 0 Å². The van der Waals surface area contributed by atoms with Crippen molar-refractivity contribution in [3.05, 3.63) is 35.7 Å². The molecule has 2 aromatic heterocycles. The molecule has 0 bridgehead atoms. The number of nitrogens with zero attached hydrogens (tertiary/aromatic N) is 4. The van der Waals surface area contributed by atoms with Gasteiger partial charge in [-0.25, -0.2) is 19.9 Å². The Bertz CT molecular complexity index is 555. The number of nitrogen functional groups attached to an aromatic ring is 1. The Hall–Kier alpha value is -2.24. The Morgan fingerprint density at radius 1 is 1.26 bits per heavy atom. The summed E-state index contributed by atoms with van der Waals surface area (Å²) in [6.45, 7) is 4.54. The number of nitrogens with two attached hydrogens (primary N) is 1. The third-order valence-electron chi connectivity index (χ3n) is 2.55. The highest BCUT2D eigenvalue weighted by Crippen LogP contribution is 2.10. The van der Waals surface area contributed by atoms with E-state index >= 15 is 0 Å². The molecular formula is C13H18N6. The van der Waals surface area contributed by atoms with Crippen molar-refractivity contribution >= 4 is 11.6 Å². The lowest BCUT2D eigenvalue weighted by Gasteiger charge is -2.08. The number of hydrogen-bond acceptors (Lipinski definition) is 6. The van der Waals surface area contributed by atoms with Crippen LogP contribution in [0.15, 0.2) is 18.3 Å². The standard InChI is InChI=1S/C13H18N6/c1-3-4-12-18-11(14)7-13(19-12)16-8-10-5-6-15-9(2)17-10/h5-7H,3-4,8H2,1-2H3,(H3,14,16,18,19). The van der Waals surface area contributed by atoms with E-state index in [2.05, 4.69) is 32.2 Å². The van der Waals surface area contributed by atoms with Crippen LogP contribution in [-0.2, 0) is 13.0 Å². The van der Waals surface area contributed by atoms with Crippen molar-refractivity contribution in [1.82, 2.24) is 19.9 Å². The van der Waals surface area contributed by atoms with Crippen LogP contribution in [0.25, 0.3) is 0 Å². The Morgan fingerprint density at radius 2 is 2.11 bits per heavy atom. The molecule has 0 aliphatic carbocycles. The third-order valence-corrected chi connectivity index (χ3v) is 2.55. The van der Waals surface area contributed by atoms with Gasteiger partial charge in [-0.05, 0) is 19.4 Å². The monoisotopic (exact) mass is 258 g/mol. The summed E-state index contributed by atoms with van der Waals surface area (Å²) >= 11 is 0. The van der Waals surface area contributed by atoms with Crippen LogP contribution in [-0.4, -0.2) is 19.9 Å². The van der Waals surface area contributed by atoms with Crippen LogP contribution in [0.2, 0.25) is 0 Å². The van der Waals surface area contributed by atoms with Gasteiger partial charge in [-0.2, -0.15) is 0 Å². The van der Waals surface area contributed by atoms with E-state index in [0.29, 0.717) is 12.4 Å². The molecule has 19 heavy (non-hydrogen) atoms. The quantitative estimate of drug-likeness (QED) is 0.848. The first-order chi connectivity index (χ1) is 9.17. The van der Waals surface area contributed by atoms with Gasteiger partial charge in [0.25, 0.3) is 0 Å². The Balaban J connectivity index is 2.06. The minimum atomic E-state index is 0.486. The molecule has 0 radical (unpaired) electrons. The van der Waals surface area contributed by atoms with Gasteiger partial charge in [-0.1, -0.05) is 6.92 Å². The molecule has 2 heterocycles. The summed E-state index contributed by atoms with van der Waals surface area (Å²) in [5.41, 5.74) is 6.68. The van der Waals surface area contributed by atoms with Crippen LogP contribution in [0.4, 0.5) is 11.6 Å². The summed E-state index contributed by atoms with van der Waals surface area (Å²) in [4.78, 5) is 17.0. The smallest absolute Gasteiger partial charge is 0.133 e. The van der Waals surface area contributed by atoms with E-state index in [-0.39, 0.29) is 0 Å². The lowest BCUT2D eigenvalue weighted by atomic mass is 10.3. The molecule has 0 aliphatic rings. The highest BCUT2D eigenvalue weighted by atomic mass is 15.1. The van der Waals surface area contributed by atoms with E-state index < -0.39 is 0 Å². The van der Waals surface area contributed by atoms with E-state index in [9.17, 15) is 0 Å². The molecule has 6 nitrogen and oxygen atoms in total. The van der Waals surface area contributed by atoms with Gasteiger partial charge in [0.05, 0.1) is 12.2 Å². The van der Waals surface area contributed by atoms with Crippen LogP contribution in [0, 0.1) is 6.92 Å². The molecule has 0 saturated heterocycles. The first kappa shape index (κ1) is 13.2. The van der Waals surface area contributed by atoms with E-state index in [1.165, 1.54) is 0 Å². The molecule has 0 amide bonds. The number of anilines is 2. The Labute approximate surface area is 112 Å². The minimum absolute atomic E-state index is 0.486. The van der Waals surface area contributed by atoms with E-state index in [1.54, 1.807) is 12.3 Å². The molecule has 0 fully saturated rings. The third kappa shape index (κ3) is 3.87. The van der Waals surface area contributed by atoms with Gasteiger partial charge in [0.2, 0.25) is 0 Å². The van der Waals surface area contributed by atoms with Gasteiger partial charge in [0.15, 0.2) is 0 Å². The second-order valence-corrected chi connectivity index (χ2v) is 4.29. The van der Waals surface area contributed by atoms with Gasteiger partial charge < -0.3 is 11.1 Å². The topological polar surface area (TPSA) is 89.6 Å². The van der Waals surface area contributed by atoms with Crippen LogP contribution in [0.5, 0.6) is 0 Å². The van der Waals surface area contributed by atoms with Crippen molar-refractivity contribution in [3.63, 3.8) is 0 Å². The molecule has 0 aliphatic heterocycles. The predicted molar refractivity (Wildman–Crippen MR) is 74.5 cm³/mol. The van der Waals surface area contributed by atoms with Crippen molar-refractivity contribution in [2.75, 3.05) is 11.1 Å². The van der Waals surface area contributed by atoms with Crippen LogP contribution in [0.3, 0.4) is 0 Å². The van der Waals surface area contributed by atoms with Crippen molar-refractivity contribution in [1.29, 1.82) is 0 Å². The minimum Gasteiger partial charge on any atom is -0.384 e. The van der Waals surface area contributed by atoms with Gasteiger partial charge in [0, 0.05) is 18.7 Å². The van der Waals surface area contributed by atoms with Crippen LogP contribution in [0.1, 0.15) is 30.7 Å². The summed E-state index contributed by atoms with van der Waals surface area (Å²) < 4.78 is 0. The maximum Gasteiger partial charge on any atom is 0.133 e. The second kappa shape index (κ2) is 6.08. The average Bonchev–Trinajstić information content (AvgIpc) is 2.36. The predicted octanol–water partition coefficient (Wildman–Crippen LogP) is 1.72. The summed E-state index contributed by atoms with van der Waals surface area (Å²) in [6, 6.07) is 3.60. The second-order valence-electron chi connectivity index (χ2n) is 4.29. The fraction of sp³-hybridized carbons (Fsp3) is 0.385. The molecule has 0 atom stereocenters. The van der Waals surface area contributed by atoms with E-state index in [0.717, 1.165) is 36.0 Å². The van der Waals surface area contributed by atoms with Crippen molar-refractivity contribution in [3.8, 4) is 0 Å². The molecule has 0 unspecified atom stereocenters. The highest BCUT2D eigenvalue weighted by molar-refractivity contribution is 5.44. The number of nitrogens with one attached hydrogen (secondary N) is 1. The highest BCUT2D eigenvalue weighted by Gasteiger charge is 2.03. The summed E-state index contributed by atoms with van der Waals surface area (Å²) in [7, 11) is 0. The zero-order valence-corrected chi connectivity index (χ0v) is 11.2. The number of aromatic nitrogens is 4. The lowest BCUT2D eigenvalue weighted by Crippen LogP contribution is -2.08. The Kier molecular flexibility index (Phi) is 4.22. The molecule has 100 valence electrons. The number of rotatable bonds is 5. The summed E-state index contributed by atoms with van der Waals surface area (Å²) in [6.07, 6.45) is 3.57. The fourth-order valence-corrected chi connectivity index (χ4v) is 1.73. The Morgan fingerprint density at radius 3 is 2.84 bits per heavy atom. The number of aryl methyl sites for hydroxylation is 2. The molecule has 0 saturated carbocycles. The van der Waals surface area contributed by atoms with Gasteiger partial charge >= 0.3 is 0 Å². The first-order valence-electron chi connectivity index (χ1n) is 6.33.